The van der Waals surface area contributed by atoms with Gasteiger partial charge >= 0.3 is 0 Å². The number of rotatable bonds is 0. The number of hydrogen-bond acceptors (Lipinski definition) is 1. The van der Waals surface area contributed by atoms with Gasteiger partial charge in [0.05, 0.1) is 19.2 Å². The van der Waals surface area contributed by atoms with Crippen LogP contribution in [0.25, 0.3) is 0 Å². The van der Waals surface area contributed by atoms with Gasteiger partial charge in [0.2, 0.25) is 0 Å². The Morgan fingerprint density at radius 2 is 2.50 bits per heavy atom. The Bertz CT molecular complexity index is 103. The summed E-state index contributed by atoms with van der Waals surface area (Å²) in [5.41, 5.74) is 0. The minimum Gasteiger partial charge on any atom is -0.461 e. The predicted molar refractivity (Wildman–Crippen MR) is 29.3 cm³/mol. The number of quaternary nitrogens is 1. The minimum absolute atomic E-state index is 0.549. The van der Waals surface area contributed by atoms with Gasteiger partial charge in [0.1, 0.15) is 6.10 Å². The van der Waals surface area contributed by atoms with Crippen LogP contribution in [0.1, 0.15) is 6.42 Å². The molecule has 1 unspecified atom stereocenters. The molecule has 1 N–H and O–H groups in total. The van der Waals surface area contributed by atoms with Crippen LogP contribution in [-0.2, 0) is 4.74 Å². The Hall–Kier alpha value is -0.0800. The van der Waals surface area contributed by atoms with E-state index in [1.807, 2.05) is 0 Å². The second-order valence-electron chi connectivity index (χ2n) is 2.75. The van der Waals surface area contributed by atoms with E-state index in [4.69, 9.17) is 4.74 Å². The summed E-state index contributed by atoms with van der Waals surface area (Å²) >= 11 is 0. The third-order valence-electron chi connectivity index (χ3n) is 2.15. The molecule has 3 atom stereocenters. The van der Waals surface area contributed by atoms with E-state index in [2.05, 4.69) is 7.05 Å². The van der Waals surface area contributed by atoms with E-state index in [1.54, 1.807) is 0 Å². The van der Waals surface area contributed by atoms with Crippen LogP contribution >= 0.6 is 0 Å². The van der Waals surface area contributed by atoms with E-state index in [-0.39, 0.29) is 0 Å². The van der Waals surface area contributed by atoms with Gasteiger partial charge in [-0.2, -0.15) is 7.05 Å². The van der Waals surface area contributed by atoms with Crippen LogP contribution in [0.3, 0.4) is 0 Å². The van der Waals surface area contributed by atoms with Gasteiger partial charge in [-0.3, -0.25) is 0 Å². The molecule has 0 amide bonds. The summed E-state index contributed by atoms with van der Waals surface area (Å²) in [5, 5.41) is 0. The number of morpholine rings is 1. The minimum atomic E-state index is 0.549. The van der Waals surface area contributed by atoms with Crippen LogP contribution in [-0.4, -0.2) is 25.3 Å². The van der Waals surface area contributed by atoms with Crippen LogP contribution in [0.4, 0.5) is 0 Å². The Morgan fingerprint density at radius 3 is 2.75 bits per heavy atom. The lowest BCUT2D eigenvalue weighted by atomic mass is 10.2. The molecule has 8 heavy (non-hydrogen) atoms. The van der Waals surface area contributed by atoms with Gasteiger partial charge in [0.25, 0.3) is 0 Å². The van der Waals surface area contributed by atoms with Gasteiger partial charge in [0.15, 0.2) is 0 Å². The van der Waals surface area contributed by atoms with E-state index in [9.17, 15) is 0 Å². The molecule has 2 aliphatic heterocycles. The van der Waals surface area contributed by atoms with Crippen LogP contribution in [0.5, 0.6) is 0 Å². The van der Waals surface area contributed by atoms with Crippen molar-refractivity contribution >= 4 is 0 Å². The van der Waals surface area contributed by atoms with Crippen molar-refractivity contribution in [3.05, 3.63) is 7.05 Å². The highest BCUT2D eigenvalue weighted by Crippen LogP contribution is 2.14. The fourth-order valence-electron chi connectivity index (χ4n) is 1.59. The maximum absolute atomic E-state index is 5.36. The highest BCUT2D eigenvalue weighted by Gasteiger charge is 2.37. The van der Waals surface area contributed by atoms with Crippen LogP contribution in [0.2, 0.25) is 0 Å². The SMILES string of the molecule is [CH2-][NH+]1C[C@H]2C[C@@H]1CO2. The quantitative estimate of drug-likeness (QED) is 0.391. The first kappa shape index (κ1) is 4.77. The summed E-state index contributed by atoms with van der Waals surface area (Å²) in [6.07, 6.45) is 1.80. The second-order valence-corrected chi connectivity index (χ2v) is 2.75. The van der Waals surface area contributed by atoms with E-state index in [0.717, 1.165) is 19.2 Å². The molecule has 2 saturated heterocycles. The third-order valence-corrected chi connectivity index (χ3v) is 2.15. The lowest BCUT2D eigenvalue weighted by Gasteiger charge is -2.24. The first-order valence-corrected chi connectivity index (χ1v) is 3.15. The summed E-state index contributed by atoms with van der Waals surface area (Å²) in [7, 11) is 3.96. The molecule has 2 bridgehead atoms. The van der Waals surface area contributed by atoms with Gasteiger partial charge in [-0.15, -0.1) is 0 Å². The van der Waals surface area contributed by atoms with Crippen molar-refractivity contribution in [3.63, 3.8) is 0 Å². The first-order chi connectivity index (χ1) is 3.86. The second kappa shape index (κ2) is 1.45. The van der Waals surface area contributed by atoms with Crippen molar-refractivity contribution in [2.24, 2.45) is 0 Å². The Kier molecular flexibility index (Phi) is 0.866. The highest BCUT2D eigenvalue weighted by molar-refractivity contribution is 4.77. The zero-order chi connectivity index (χ0) is 5.56. The Morgan fingerprint density at radius 1 is 1.62 bits per heavy atom. The highest BCUT2D eigenvalue weighted by atomic mass is 16.5. The zero-order valence-corrected chi connectivity index (χ0v) is 4.89. The van der Waals surface area contributed by atoms with Crippen molar-refractivity contribution in [2.75, 3.05) is 13.2 Å². The third kappa shape index (κ3) is 0.501. The van der Waals surface area contributed by atoms with Crippen molar-refractivity contribution in [1.29, 1.82) is 0 Å². The van der Waals surface area contributed by atoms with Crippen molar-refractivity contribution in [2.45, 2.75) is 18.6 Å². The molecule has 0 aromatic carbocycles. The van der Waals surface area contributed by atoms with Crippen molar-refractivity contribution in [1.82, 2.24) is 0 Å². The van der Waals surface area contributed by atoms with Gasteiger partial charge in [-0.25, -0.2) is 0 Å². The molecular formula is C6H11NO. The summed E-state index contributed by atoms with van der Waals surface area (Å²) in [6.45, 7) is 2.08. The normalized spacial score (nSPS) is 52.9. The number of nitrogens with one attached hydrogen (secondary N) is 1. The van der Waals surface area contributed by atoms with Gasteiger partial charge in [-0.1, -0.05) is 0 Å². The van der Waals surface area contributed by atoms with Crippen LogP contribution < -0.4 is 4.90 Å². The molecule has 2 fully saturated rings. The number of hydrogen-bond donors (Lipinski definition) is 1. The summed E-state index contributed by atoms with van der Waals surface area (Å²) in [4.78, 5) is 1.42. The van der Waals surface area contributed by atoms with Crippen LogP contribution in [0, 0.1) is 7.05 Å². The summed E-state index contributed by atoms with van der Waals surface area (Å²) in [5.74, 6) is 0. The average molecular weight is 113 g/mol. The maximum atomic E-state index is 5.36. The number of likely N-dealkylation sites (tertiary alicyclic amines) is 1. The molecule has 2 rings (SSSR count). The van der Waals surface area contributed by atoms with Crippen molar-refractivity contribution < 1.29 is 9.64 Å². The molecule has 0 saturated carbocycles. The maximum Gasteiger partial charge on any atom is 0.110 e. The lowest BCUT2D eigenvalue weighted by Crippen LogP contribution is -3.10. The van der Waals surface area contributed by atoms with Gasteiger partial charge < -0.3 is 9.64 Å². The lowest BCUT2D eigenvalue weighted by molar-refractivity contribution is -0.874. The summed E-state index contributed by atoms with van der Waals surface area (Å²) in [6, 6.07) is 0.722. The van der Waals surface area contributed by atoms with Gasteiger partial charge in [0, 0.05) is 6.42 Å². The van der Waals surface area contributed by atoms with E-state index < -0.39 is 0 Å². The van der Waals surface area contributed by atoms with E-state index >= 15 is 0 Å². The smallest absolute Gasteiger partial charge is 0.110 e. The first-order valence-electron chi connectivity index (χ1n) is 3.15. The summed E-state index contributed by atoms with van der Waals surface area (Å²) < 4.78 is 5.36. The largest absolute Gasteiger partial charge is 0.461 e. The number of ether oxygens (including phenoxy) is 1. The van der Waals surface area contributed by atoms with E-state index in [1.165, 1.54) is 11.3 Å². The van der Waals surface area contributed by atoms with Crippen LogP contribution in [0.15, 0.2) is 0 Å². The van der Waals surface area contributed by atoms with E-state index in [0.29, 0.717) is 6.10 Å². The predicted octanol–water partition coefficient (Wildman–Crippen LogP) is -1.17. The van der Waals surface area contributed by atoms with Crippen molar-refractivity contribution in [3.8, 4) is 0 Å². The molecular weight excluding hydrogens is 102 g/mol. The molecule has 0 aromatic rings. The molecule has 2 heteroatoms. The monoisotopic (exact) mass is 113 g/mol. The standard InChI is InChI=1S/C6H11NO/c1-7-3-6-2-5(7)4-8-6/h5-7H,1-4H2/t5-,6-/m1/s1. The molecule has 0 spiro atoms. The zero-order valence-electron chi connectivity index (χ0n) is 4.89. The molecule has 2 nitrogen and oxygen atoms in total. The fourth-order valence-corrected chi connectivity index (χ4v) is 1.59. The van der Waals surface area contributed by atoms with Gasteiger partial charge in [-0.05, 0) is 0 Å². The fraction of sp³-hybridized carbons (Fsp3) is 0.833. The molecule has 46 valence electrons. The molecule has 2 aliphatic rings. The molecule has 0 aromatic heterocycles. The molecule has 2 heterocycles. The molecule has 0 aliphatic carbocycles. The number of fused-ring (bicyclic) bond motifs is 2. The molecule has 0 radical (unpaired) electrons. The Labute approximate surface area is 49.4 Å². The average Bonchev–Trinajstić information content (AvgIpc) is 2.23. The topological polar surface area (TPSA) is 13.7 Å². The Balaban J connectivity index is 2.11.